The lowest BCUT2D eigenvalue weighted by molar-refractivity contribution is -0.118. The summed E-state index contributed by atoms with van der Waals surface area (Å²) in [5, 5.41) is 4.56. The minimum absolute atomic E-state index is 0.0351. The van der Waals surface area contributed by atoms with E-state index in [4.69, 9.17) is 5.73 Å². The Balaban J connectivity index is 3.54. The van der Waals surface area contributed by atoms with Gasteiger partial charge >= 0.3 is 0 Å². The molecular weight excluding hydrogens is 160 g/mol. The van der Waals surface area contributed by atoms with Crippen LogP contribution in [0.25, 0.3) is 0 Å². The zero-order chi connectivity index (χ0) is 8.69. The van der Waals surface area contributed by atoms with Crippen LogP contribution in [0.3, 0.4) is 0 Å². The Morgan fingerprint density at radius 2 is 2.27 bits per heavy atom. The molecule has 0 rings (SSSR count). The van der Waals surface area contributed by atoms with Crippen LogP contribution < -0.4 is 11.1 Å². The van der Waals surface area contributed by atoms with Gasteiger partial charge in [-0.1, -0.05) is 0 Å². The van der Waals surface area contributed by atoms with Gasteiger partial charge in [-0.3, -0.25) is 4.79 Å². The monoisotopic (exact) mass is 174 g/mol. The third kappa shape index (κ3) is 7.42. The minimum Gasteiger partial charge on any atom is -0.330 e. The lowest BCUT2D eigenvalue weighted by Gasteiger charge is -1.99. The van der Waals surface area contributed by atoms with Crippen LogP contribution in [0.1, 0.15) is 13.8 Å². The molecule has 0 aromatic carbocycles. The number of hydrogen-bond donors (Lipinski definition) is 2. The van der Waals surface area contributed by atoms with Crippen LogP contribution >= 0.6 is 11.8 Å². The maximum Gasteiger partial charge on any atom is 0.221 e. The van der Waals surface area contributed by atoms with Gasteiger partial charge in [-0.2, -0.15) is 0 Å². The lowest BCUT2D eigenvalue weighted by Crippen LogP contribution is -2.16. The standard InChI is InChI=1S/C7H14N2OS/c1-6(9-7(2)10)5-11-4-3-8/h5H,3-4,8H2,1-2H3,(H,9,10)/b6-5+. The van der Waals surface area contributed by atoms with Gasteiger partial charge in [0.2, 0.25) is 5.91 Å². The van der Waals surface area contributed by atoms with Crippen LogP contribution in [-0.4, -0.2) is 18.2 Å². The summed E-state index contributed by atoms with van der Waals surface area (Å²) in [4.78, 5) is 10.5. The van der Waals surface area contributed by atoms with Crippen molar-refractivity contribution >= 4 is 17.7 Å². The van der Waals surface area contributed by atoms with Crippen molar-refractivity contribution in [2.45, 2.75) is 13.8 Å². The quantitative estimate of drug-likeness (QED) is 0.616. The van der Waals surface area contributed by atoms with E-state index in [1.54, 1.807) is 11.8 Å². The van der Waals surface area contributed by atoms with Gasteiger partial charge in [0, 0.05) is 24.9 Å². The number of hydrogen-bond acceptors (Lipinski definition) is 3. The van der Waals surface area contributed by atoms with Crippen molar-refractivity contribution in [1.82, 2.24) is 5.32 Å². The Kier molecular flexibility index (Phi) is 5.97. The molecule has 0 spiro atoms. The highest BCUT2D eigenvalue weighted by atomic mass is 32.2. The van der Waals surface area contributed by atoms with Crippen molar-refractivity contribution in [3.8, 4) is 0 Å². The van der Waals surface area contributed by atoms with Gasteiger partial charge < -0.3 is 11.1 Å². The molecule has 0 radical (unpaired) electrons. The SMILES string of the molecule is CC(=O)N/C(C)=C/SCCN. The third-order valence-corrected chi connectivity index (χ3v) is 1.86. The van der Waals surface area contributed by atoms with Gasteiger partial charge in [-0.15, -0.1) is 11.8 Å². The number of thioether (sulfide) groups is 1. The first-order chi connectivity index (χ1) is 5.16. The molecule has 0 aliphatic carbocycles. The number of amides is 1. The van der Waals surface area contributed by atoms with Crippen molar-refractivity contribution in [2.24, 2.45) is 5.73 Å². The summed E-state index contributed by atoms with van der Waals surface area (Å²) < 4.78 is 0. The maximum absolute atomic E-state index is 10.5. The molecule has 4 heteroatoms. The van der Waals surface area contributed by atoms with E-state index in [1.807, 2.05) is 12.3 Å². The second kappa shape index (κ2) is 6.24. The molecule has 0 heterocycles. The summed E-state index contributed by atoms with van der Waals surface area (Å²) in [5.74, 6) is 0.851. The predicted molar refractivity (Wildman–Crippen MR) is 49.1 cm³/mol. The fourth-order valence-corrected chi connectivity index (χ4v) is 1.12. The molecule has 0 saturated heterocycles. The Bertz CT molecular complexity index is 157. The van der Waals surface area contributed by atoms with Gasteiger partial charge in [0.15, 0.2) is 0 Å². The first-order valence-electron chi connectivity index (χ1n) is 3.43. The first kappa shape index (κ1) is 10.5. The summed E-state index contributed by atoms with van der Waals surface area (Å²) in [6.45, 7) is 4.00. The topological polar surface area (TPSA) is 55.1 Å². The predicted octanol–water partition coefficient (Wildman–Crippen LogP) is 0.676. The number of nitrogens with two attached hydrogens (primary N) is 1. The summed E-state index contributed by atoms with van der Waals surface area (Å²) >= 11 is 1.60. The summed E-state index contributed by atoms with van der Waals surface area (Å²) in [5.41, 5.74) is 6.15. The fourth-order valence-electron chi connectivity index (χ4n) is 0.559. The number of carbonyl (C=O) groups is 1. The van der Waals surface area contributed by atoms with E-state index in [0.29, 0.717) is 6.54 Å². The molecule has 3 N–H and O–H groups in total. The van der Waals surface area contributed by atoms with E-state index in [9.17, 15) is 4.79 Å². The molecule has 0 unspecified atom stereocenters. The zero-order valence-electron chi connectivity index (χ0n) is 6.89. The molecule has 11 heavy (non-hydrogen) atoms. The Morgan fingerprint density at radius 3 is 2.73 bits per heavy atom. The van der Waals surface area contributed by atoms with Crippen LogP contribution in [0, 0.1) is 0 Å². The highest BCUT2D eigenvalue weighted by molar-refractivity contribution is 8.02. The number of carbonyl (C=O) groups excluding carboxylic acids is 1. The molecule has 1 amide bonds. The molecule has 0 saturated carbocycles. The molecule has 0 atom stereocenters. The fraction of sp³-hybridized carbons (Fsp3) is 0.571. The van der Waals surface area contributed by atoms with E-state index >= 15 is 0 Å². The van der Waals surface area contributed by atoms with Crippen LogP contribution in [0.2, 0.25) is 0 Å². The number of rotatable bonds is 4. The van der Waals surface area contributed by atoms with Gasteiger partial charge in [0.05, 0.1) is 0 Å². The molecule has 0 fully saturated rings. The van der Waals surface area contributed by atoms with E-state index in [-0.39, 0.29) is 5.91 Å². The normalized spacial score (nSPS) is 11.4. The van der Waals surface area contributed by atoms with Crippen LogP contribution in [0.15, 0.2) is 11.1 Å². The summed E-state index contributed by atoms with van der Waals surface area (Å²) in [6.07, 6.45) is 0. The smallest absolute Gasteiger partial charge is 0.221 e. The molecule has 3 nitrogen and oxygen atoms in total. The highest BCUT2D eigenvalue weighted by Crippen LogP contribution is 2.02. The van der Waals surface area contributed by atoms with Gasteiger partial charge in [0.1, 0.15) is 0 Å². The molecule has 0 aliphatic heterocycles. The molecule has 0 aliphatic rings. The Hall–Kier alpha value is -0.480. The van der Waals surface area contributed by atoms with E-state index < -0.39 is 0 Å². The lowest BCUT2D eigenvalue weighted by atomic mass is 10.5. The van der Waals surface area contributed by atoms with Crippen LogP contribution in [-0.2, 0) is 4.79 Å². The molecular formula is C7H14N2OS. The molecule has 0 aromatic rings. The zero-order valence-corrected chi connectivity index (χ0v) is 7.70. The minimum atomic E-state index is -0.0351. The van der Waals surface area contributed by atoms with E-state index in [0.717, 1.165) is 11.4 Å². The second-order valence-electron chi connectivity index (χ2n) is 2.14. The molecule has 0 aromatic heterocycles. The number of allylic oxidation sites excluding steroid dienone is 1. The summed E-state index contributed by atoms with van der Waals surface area (Å²) in [7, 11) is 0. The van der Waals surface area contributed by atoms with E-state index in [2.05, 4.69) is 5.32 Å². The van der Waals surface area contributed by atoms with E-state index in [1.165, 1.54) is 6.92 Å². The highest BCUT2D eigenvalue weighted by Gasteiger charge is 1.90. The van der Waals surface area contributed by atoms with Gasteiger partial charge in [-0.05, 0) is 12.3 Å². The van der Waals surface area contributed by atoms with Crippen LogP contribution in [0.4, 0.5) is 0 Å². The molecule has 64 valence electrons. The Labute approximate surface area is 71.4 Å². The van der Waals surface area contributed by atoms with Crippen molar-refractivity contribution in [3.63, 3.8) is 0 Å². The summed E-state index contributed by atoms with van der Waals surface area (Å²) in [6, 6.07) is 0. The van der Waals surface area contributed by atoms with Gasteiger partial charge in [-0.25, -0.2) is 0 Å². The maximum atomic E-state index is 10.5. The second-order valence-corrected chi connectivity index (χ2v) is 3.12. The van der Waals surface area contributed by atoms with Crippen molar-refractivity contribution in [1.29, 1.82) is 0 Å². The van der Waals surface area contributed by atoms with Crippen molar-refractivity contribution in [2.75, 3.05) is 12.3 Å². The average Bonchev–Trinajstić information content (AvgIpc) is 1.86. The Morgan fingerprint density at radius 1 is 1.64 bits per heavy atom. The average molecular weight is 174 g/mol. The molecule has 0 bridgehead atoms. The third-order valence-electron chi connectivity index (χ3n) is 0.869. The van der Waals surface area contributed by atoms with Crippen LogP contribution in [0.5, 0.6) is 0 Å². The van der Waals surface area contributed by atoms with Gasteiger partial charge in [0.25, 0.3) is 0 Å². The first-order valence-corrected chi connectivity index (χ1v) is 4.47. The number of nitrogens with one attached hydrogen (secondary N) is 1. The van der Waals surface area contributed by atoms with Crippen molar-refractivity contribution in [3.05, 3.63) is 11.1 Å². The van der Waals surface area contributed by atoms with Crippen molar-refractivity contribution < 1.29 is 4.79 Å². The largest absolute Gasteiger partial charge is 0.330 e.